The Morgan fingerprint density at radius 3 is 2.47 bits per heavy atom. The number of carboxylic acids is 1. The molecule has 0 heterocycles. The fourth-order valence-corrected chi connectivity index (χ4v) is 2.21. The van der Waals surface area contributed by atoms with Crippen molar-refractivity contribution < 1.29 is 14.7 Å². The van der Waals surface area contributed by atoms with E-state index in [0.717, 1.165) is 4.90 Å². The number of nitrogens with one attached hydrogen (secondary N) is 1. The van der Waals surface area contributed by atoms with Crippen LogP contribution in [-0.2, 0) is 9.59 Å². The van der Waals surface area contributed by atoms with Gasteiger partial charge in [0.1, 0.15) is 0 Å². The van der Waals surface area contributed by atoms with E-state index in [-0.39, 0.29) is 12.5 Å². The molecule has 0 radical (unpaired) electrons. The van der Waals surface area contributed by atoms with E-state index in [1.165, 1.54) is 17.3 Å². The topological polar surface area (TPSA) is 66.4 Å². The monoisotopic (exact) mass is 281 g/mol. The number of aryl methyl sites for hydroxylation is 1. The van der Waals surface area contributed by atoms with Crippen LogP contribution < -0.4 is 5.32 Å². The van der Waals surface area contributed by atoms with Gasteiger partial charge in [-0.05, 0) is 25.5 Å². The Morgan fingerprint density at radius 2 is 1.95 bits per heavy atom. The average molecular weight is 281 g/mol. The van der Waals surface area contributed by atoms with Crippen molar-refractivity contribution in [2.75, 3.05) is 12.3 Å². The summed E-state index contributed by atoms with van der Waals surface area (Å²) in [5.74, 6) is -1.20. The molecule has 0 aliphatic carbocycles. The van der Waals surface area contributed by atoms with Crippen LogP contribution in [0.2, 0.25) is 0 Å². The first-order valence-electron chi connectivity index (χ1n) is 6.22. The third-order valence-corrected chi connectivity index (χ3v) is 3.79. The van der Waals surface area contributed by atoms with Gasteiger partial charge in [0.2, 0.25) is 5.91 Å². The number of carboxylic acid groups (broad SMARTS) is 1. The first kappa shape index (κ1) is 15.6. The molecule has 0 fully saturated rings. The summed E-state index contributed by atoms with van der Waals surface area (Å²) >= 11 is 1.45. The van der Waals surface area contributed by atoms with Crippen LogP contribution >= 0.6 is 11.8 Å². The maximum Gasteiger partial charge on any atom is 0.308 e. The lowest BCUT2D eigenvalue weighted by Crippen LogP contribution is -2.33. The van der Waals surface area contributed by atoms with Crippen LogP contribution in [0.4, 0.5) is 0 Å². The fourth-order valence-electron chi connectivity index (χ4n) is 1.48. The predicted octanol–water partition coefficient (Wildman–Crippen LogP) is 2.31. The molecular formula is C14H19NO3S. The first-order valence-corrected chi connectivity index (χ1v) is 7.20. The van der Waals surface area contributed by atoms with E-state index in [4.69, 9.17) is 5.11 Å². The highest BCUT2D eigenvalue weighted by atomic mass is 32.2. The normalized spacial score (nSPS) is 11.9. The van der Waals surface area contributed by atoms with Crippen LogP contribution in [0.5, 0.6) is 0 Å². The second-order valence-corrected chi connectivity index (χ2v) is 5.40. The maximum atomic E-state index is 11.6. The van der Waals surface area contributed by atoms with Gasteiger partial charge in [-0.3, -0.25) is 9.59 Å². The Hall–Kier alpha value is -1.49. The van der Waals surface area contributed by atoms with E-state index < -0.39 is 11.9 Å². The van der Waals surface area contributed by atoms with Crippen molar-refractivity contribution in [3.8, 4) is 0 Å². The SMILES string of the molecule is CCC(CNC(=O)CSc1ccc(C)cc1)C(=O)O. The third kappa shape index (κ3) is 5.79. The second-order valence-electron chi connectivity index (χ2n) is 4.35. The summed E-state index contributed by atoms with van der Waals surface area (Å²) in [6.07, 6.45) is 0.515. The van der Waals surface area contributed by atoms with E-state index in [0.29, 0.717) is 12.2 Å². The summed E-state index contributed by atoms with van der Waals surface area (Å²) in [6.45, 7) is 4.00. The average Bonchev–Trinajstić information content (AvgIpc) is 2.38. The lowest BCUT2D eigenvalue weighted by atomic mass is 10.1. The summed E-state index contributed by atoms with van der Waals surface area (Å²) in [4.78, 5) is 23.4. The zero-order chi connectivity index (χ0) is 14.3. The zero-order valence-electron chi connectivity index (χ0n) is 11.2. The number of rotatable bonds is 7. The summed E-state index contributed by atoms with van der Waals surface area (Å²) in [7, 11) is 0. The molecule has 1 rings (SSSR count). The predicted molar refractivity (Wildman–Crippen MR) is 76.3 cm³/mol. The summed E-state index contributed by atoms with van der Waals surface area (Å²) in [5.41, 5.74) is 1.18. The highest BCUT2D eigenvalue weighted by Gasteiger charge is 2.15. The van der Waals surface area contributed by atoms with E-state index in [9.17, 15) is 9.59 Å². The highest BCUT2D eigenvalue weighted by molar-refractivity contribution is 8.00. The van der Waals surface area contributed by atoms with E-state index in [2.05, 4.69) is 5.32 Å². The Bertz CT molecular complexity index is 431. The van der Waals surface area contributed by atoms with Crippen molar-refractivity contribution in [2.45, 2.75) is 25.2 Å². The van der Waals surface area contributed by atoms with Gasteiger partial charge in [-0.2, -0.15) is 0 Å². The molecule has 5 heteroatoms. The minimum atomic E-state index is -0.867. The van der Waals surface area contributed by atoms with E-state index >= 15 is 0 Å². The molecule has 0 saturated carbocycles. The summed E-state index contributed by atoms with van der Waals surface area (Å²) in [6, 6.07) is 7.94. The molecule has 2 N–H and O–H groups in total. The number of amides is 1. The first-order chi connectivity index (χ1) is 9.02. The smallest absolute Gasteiger partial charge is 0.308 e. The summed E-state index contributed by atoms with van der Waals surface area (Å²) in [5, 5.41) is 11.5. The quantitative estimate of drug-likeness (QED) is 0.753. The standard InChI is InChI=1S/C14H19NO3S/c1-3-11(14(17)18)8-15-13(16)9-19-12-6-4-10(2)5-7-12/h4-7,11H,3,8-9H2,1-2H3,(H,15,16)(H,17,18). The molecule has 0 spiro atoms. The molecule has 1 amide bonds. The van der Waals surface area contributed by atoms with Gasteiger partial charge in [0.25, 0.3) is 0 Å². The van der Waals surface area contributed by atoms with Crippen LogP contribution in [0.15, 0.2) is 29.2 Å². The van der Waals surface area contributed by atoms with Crippen LogP contribution in [0.3, 0.4) is 0 Å². The number of hydrogen-bond acceptors (Lipinski definition) is 3. The molecule has 1 atom stereocenters. The largest absolute Gasteiger partial charge is 0.481 e. The van der Waals surface area contributed by atoms with Crippen molar-refractivity contribution in [2.24, 2.45) is 5.92 Å². The van der Waals surface area contributed by atoms with Gasteiger partial charge in [0.15, 0.2) is 0 Å². The number of thioether (sulfide) groups is 1. The van der Waals surface area contributed by atoms with Crippen LogP contribution in [0.1, 0.15) is 18.9 Å². The molecule has 4 nitrogen and oxygen atoms in total. The van der Waals surface area contributed by atoms with Crippen LogP contribution in [-0.4, -0.2) is 29.3 Å². The number of hydrogen-bond donors (Lipinski definition) is 2. The number of carbonyl (C=O) groups is 2. The molecule has 0 aliphatic heterocycles. The lowest BCUT2D eigenvalue weighted by molar-refractivity contribution is -0.141. The molecular weight excluding hydrogens is 262 g/mol. The lowest BCUT2D eigenvalue weighted by Gasteiger charge is -2.10. The van der Waals surface area contributed by atoms with Crippen LogP contribution in [0.25, 0.3) is 0 Å². The Morgan fingerprint density at radius 1 is 1.32 bits per heavy atom. The van der Waals surface area contributed by atoms with Gasteiger partial charge in [-0.25, -0.2) is 0 Å². The fraction of sp³-hybridized carbons (Fsp3) is 0.429. The maximum absolute atomic E-state index is 11.6. The van der Waals surface area contributed by atoms with Gasteiger partial charge in [-0.1, -0.05) is 24.6 Å². The highest BCUT2D eigenvalue weighted by Crippen LogP contribution is 2.17. The van der Waals surface area contributed by atoms with Crippen molar-refractivity contribution in [3.05, 3.63) is 29.8 Å². The molecule has 0 aliphatic rings. The van der Waals surface area contributed by atoms with Crippen molar-refractivity contribution in [3.63, 3.8) is 0 Å². The minimum absolute atomic E-state index is 0.134. The molecule has 0 aromatic heterocycles. The molecule has 0 bridgehead atoms. The van der Waals surface area contributed by atoms with Gasteiger partial charge in [-0.15, -0.1) is 11.8 Å². The molecule has 1 aromatic carbocycles. The van der Waals surface area contributed by atoms with Gasteiger partial charge >= 0.3 is 5.97 Å². The Labute approximate surface area is 117 Å². The zero-order valence-corrected chi connectivity index (χ0v) is 12.0. The Kier molecular flexibility index (Phi) is 6.42. The van der Waals surface area contributed by atoms with Crippen molar-refractivity contribution >= 4 is 23.6 Å². The van der Waals surface area contributed by atoms with Gasteiger partial charge < -0.3 is 10.4 Å². The molecule has 104 valence electrons. The third-order valence-electron chi connectivity index (χ3n) is 2.78. The minimum Gasteiger partial charge on any atom is -0.481 e. The summed E-state index contributed by atoms with van der Waals surface area (Å²) < 4.78 is 0. The van der Waals surface area contributed by atoms with Crippen molar-refractivity contribution in [1.29, 1.82) is 0 Å². The molecule has 1 unspecified atom stereocenters. The van der Waals surface area contributed by atoms with E-state index in [1.54, 1.807) is 6.92 Å². The number of aliphatic carboxylic acids is 1. The molecule has 19 heavy (non-hydrogen) atoms. The Balaban J connectivity index is 2.31. The van der Waals surface area contributed by atoms with Crippen molar-refractivity contribution in [1.82, 2.24) is 5.32 Å². The number of carbonyl (C=O) groups excluding carboxylic acids is 1. The molecule has 0 saturated heterocycles. The van der Waals surface area contributed by atoms with Crippen LogP contribution in [0, 0.1) is 12.8 Å². The van der Waals surface area contributed by atoms with Gasteiger partial charge in [0.05, 0.1) is 11.7 Å². The number of benzene rings is 1. The second kappa shape index (κ2) is 7.84. The molecule has 1 aromatic rings. The van der Waals surface area contributed by atoms with E-state index in [1.807, 2.05) is 31.2 Å². The van der Waals surface area contributed by atoms with Gasteiger partial charge in [0, 0.05) is 11.4 Å².